The highest BCUT2D eigenvalue weighted by atomic mass is 79.9. The Morgan fingerprint density at radius 3 is 2.58 bits per heavy atom. The Kier molecular flexibility index (Phi) is 6.83. The van der Waals surface area contributed by atoms with Gasteiger partial charge in [-0.2, -0.15) is 0 Å². The van der Waals surface area contributed by atoms with Gasteiger partial charge in [-0.25, -0.2) is 0 Å². The average Bonchev–Trinajstić information content (AvgIpc) is 2.25. The van der Waals surface area contributed by atoms with Crippen LogP contribution in [-0.2, 0) is 11.2 Å². The summed E-state index contributed by atoms with van der Waals surface area (Å²) in [5, 5.41) is 6.19. The molecule has 1 aromatic rings. The second-order valence-electron chi connectivity index (χ2n) is 4.93. The minimum absolute atomic E-state index is 0. The molecule has 0 radical (unpaired) electrons. The Morgan fingerprint density at radius 1 is 1.42 bits per heavy atom. The zero-order valence-corrected chi connectivity index (χ0v) is 13.4. The second-order valence-corrected chi connectivity index (χ2v) is 5.85. The lowest BCUT2D eigenvalue weighted by atomic mass is 10.0. The zero-order valence-electron chi connectivity index (χ0n) is 11.0. The molecule has 1 saturated heterocycles. The van der Waals surface area contributed by atoms with Gasteiger partial charge in [-0.1, -0.05) is 28.1 Å². The number of amides is 1. The molecule has 1 atom stereocenters. The topological polar surface area (TPSA) is 41.1 Å². The summed E-state index contributed by atoms with van der Waals surface area (Å²) in [5.41, 5.74) is 1.31. The average molecular weight is 348 g/mol. The van der Waals surface area contributed by atoms with Gasteiger partial charge in [-0.3, -0.25) is 4.79 Å². The summed E-state index contributed by atoms with van der Waals surface area (Å²) < 4.78 is 1.10. The van der Waals surface area contributed by atoms with Crippen LogP contribution < -0.4 is 10.6 Å². The summed E-state index contributed by atoms with van der Waals surface area (Å²) in [6, 6.07) is 8.59. The molecule has 2 N–H and O–H groups in total. The van der Waals surface area contributed by atoms with E-state index in [0.717, 1.165) is 30.4 Å². The van der Waals surface area contributed by atoms with Gasteiger partial charge in [0.2, 0.25) is 5.91 Å². The number of carbonyl (C=O) groups excluding carboxylic acids is 1. The van der Waals surface area contributed by atoms with Crippen LogP contribution in [0.2, 0.25) is 0 Å². The van der Waals surface area contributed by atoms with Crippen LogP contribution in [0, 0.1) is 5.92 Å². The van der Waals surface area contributed by atoms with Gasteiger partial charge in [0.05, 0.1) is 5.92 Å². The molecule has 19 heavy (non-hydrogen) atoms. The molecule has 1 fully saturated rings. The van der Waals surface area contributed by atoms with Crippen molar-refractivity contribution in [1.82, 2.24) is 10.6 Å². The summed E-state index contributed by atoms with van der Waals surface area (Å²) in [7, 11) is 0. The lowest BCUT2D eigenvalue weighted by Crippen LogP contribution is -2.52. The summed E-state index contributed by atoms with van der Waals surface area (Å²) >= 11 is 3.43. The number of hydrogen-bond donors (Lipinski definition) is 2. The Hall–Kier alpha value is -0.580. The second kappa shape index (κ2) is 7.88. The monoisotopic (exact) mass is 346 g/mol. The zero-order chi connectivity index (χ0) is 13.0. The van der Waals surface area contributed by atoms with Crippen molar-refractivity contribution in [3.8, 4) is 0 Å². The fourth-order valence-electron chi connectivity index (χ4n) is 1.94. The first-order valence-corrected chi connectivity index (χ1v) is 7.20. The lowest BCUT2D eigenvalue weighted by Gasteiger charge is -2.27. The number of aryl methyl sites for hydroxylation is 1. The first-order valence-electron chi connectivity index (χ1n) is 6.40. The number of carbonyl (C=O) groups is 1. The van der Waals surface area contributed by atoms with Crippen molar-refractivity contribution in [2.24, 2.45) is 5.92 Å². The number of halogens is 2. The van der Waals surface area contributed by atoms with Crippen LogP contribution in [0.15, 0.2) is 28.7 Å². The summed E-state index contributed by atoms with van der Waals surface area (Å²) in [5.74, 6) is 0.372. The summed E-state index contributed by atoms with van der Waals surface area (Å²) in [6.45, 7) is 3.72. The first kappa shape index (κ1) is 16.5. The minimum Gasteiger partial charge on any atom is -0.353 e. The van der Waals surface area contributed by atoms with Crippen molar-refractivity contribution in [1.29, 1.82) is 0 Å². The van der Waals surface area contributed by atoms with Crippen molar-refractivity contribution < 1.29 is 4.79 Å². The van der Waals surface area contributed by atoms with E-state index in [2.05, 4.69) is 57.8 Å². The summed E-state index contributed by atoms with van der Waals surface area (Å²) in [6.07, 6.45) is 1.98. The van der Waals surface area contributed by atoms with Crippen LogP contribution in [0.5, 0.6) is 0 Å². The maximum Gasteiger partial charge on any atom is 0.225 e. The highest BCUT2D eigenvalue weighted by molar-refractivity contribution is 9.10. The van der Waals surface area contributed by atoms with E-state index in [1.54, 1.807) is 0 Å². The molecule has 5 heteroatoms. The van der Waals surface area contributed by atoms with E-state index < -0.39 is 0 Å². The Morgan fingerprint density at radius 2 is 2.05 bits per heavy atom. The van der Waals surface area contributed by atoms with Crippen molar-refractivity contribution in [3.05, 3.63) is 34.3 Å². The molecule has 1 heterocycles. The fraction of sp³-hybridized carbons (Fsp3) is 0.500. The van der Waals surface area contributed by atoms with Gasteiger partial charge in [0.1, 0.15) is 0 Å². The van der Waals surface area contributed by atoms with Crippen LogP contribution >= 0.6 is 28.3 Å². The molecule has 106 valence electrons. The quantitative estimate of drug-likeness (QED) is 0.859. The third-order valence-corrected chi connectivity index (χ3v) is 3.85. The Labute approximate surface area is 129 Å². The van der Waals surface area contributed by atoms with Gasteiger partial charge >= 0.3 is 0 Å². The highest BCUT2D eigenvalue weighted by Gasteiger charge is 2.25. The largest absolute Gasteiger partial charge is 0.353 e. The molecule has 2 rings (SSSR count). The number of rotatable bonds is 5. The van der Waals surface area contributed by atoms with Gasteiger partial charge < -0.3 is 10.6 Å². The first-order chi connectivity index (χ1) is 8.65. The third kappa shape index (κ3) is 5.13. The van der Waals surface area contributed by atoms with Gasteiger partial charge in [0, 0.05) is 23.6 Å². The molecule has 1 amide bonds. The molecule has 0 spiro atoms. The van der Waals surface area contributed by atoms with E-state index in [-0.39, 0.29) is 30.3 Å². The molecule has 1 aliphatic heterocycles. The van der Waals surface area contributed by atoms with Crippen molar-refractivity contribution in [2.45, 2.75) is 25.8 Å². The molecule has 1 unspecified atom stereocenters. The third-order valence-electron chi connectivity index (χ3n) is 3.32. The highest BCUT2D eigenvalue weighted by Crippen LogP contribution is 2.12. The van der Waals surface area contributed by atoms with E-state index >= 15 is 0 Å². The van der Waals surface area contributed by atoms with E-state index in [9.17, 15) is 4.79 Å². The number of benzene rings is 1. The molecule has 0 saturated carbocycles. The molecule has 0 bridgehead atoms. The Balaban J connectivity index is 0.00000180. The van der Waals surface area contributed by atoms with E-state index in [1.807, 2.05) is 0 Å². The number of hydrogen-bond acceptors (Lipinski definition) is 2. The molecule has 0 aliphatic carbocycles. The maximum absolute atomic E-state index is 11.7. The van der Waals surface area contributed by atoms with Crippen molar-refractivity contribution in [3.63, 3.8) is 0 Å². The van der Waals surface area contributed by atoms with Crippen LogP contribution in [0.25, 0.3) is 0 Å². The maximum atomic E-state index is 11.7. The van der Waals surface area contributed by atoms with Crippen molar-refractivity contribution in [2.75, 3.05) is 13.1 Å². The van der Waals surface area contributed by atoms with E-state index in [4.69, 9.17) is 0 Å². The summed E-state index contributed by atoms with van der Waals surface area (Å²) in [4.78, 5) is 11.7. The predicted octanol–water partition coefficient (Wildman–Crippen LogP) is 2.53. The molecule has 1 aromatic carbocycles. The van der Waals surface area contributed by atoms with Crippen LogP contribution in [0.1, 0.15) is 18.9 Å². The lowest BCUT2D eigenvalue weighted by molar-refractivity contribution is -0.127. The Bertz CT molecular complexity index is 406. The molecule has 3 nitrogen and oxygen atoms in total. The van der Waals surface area contributed by atoms with Crippen LogP contribution in [0.3, 0.4) is 0 Å². The van der Waals surface area contributed by atoms with Gasteiger partial charge in [0.15, 0.2) is 0 Å². The van der Waals surface area contributed by atoms with E-state index in [1.165, 1.54) is 5.56 Å². The van der Waals surface area contributed by atoms with Gasteiger partial charge in [-0.05, 0) is 37.5 Å². The smallest absolute Gasteiger partial charge is 0.225 e. The van der Waals surface area contributed by atoms with E-state index in [0.29, 0.717) is 0 Å². The molecular formula is C14H20BrClN2O. The van der Waals surface area contributed by atoms with Crippen molar-refractivity contribution >= 4 is 34.2 Å². The van der Waals surface area contributed by atoms with Gasteiger partial charge in [0.25, 0.3) is 0 Å². The minimum atomic E-state index is 0. The molecular weight excluding hydrogens is 328 g/mol. The standard InChI is InChI=1S/C14H19BrN2O.ClH/c1-10(17-14(18)12-8-16-9-12)2-3-11-4-6-13(15)7-5-11;/h4-7,10,12,16H,2-3,8-9H2,1H3,(H,17,18);1H. The SMILES string of the molecule is CC(CCc1ccc(Br)cc1)NC(=O)C1CNC1.Cl. The normalized spacial score (nSPS) is 16.1. The molecule has 0 aromatic heterocycles. The van der Waals surface area contributed by atoms with Gasteiger partial charge in [-0.15, -0.1) is 12.4 Å². The fourth-order valence-corrected chi connectivity index (χ4v) is 2.21. The molecule has 1 aliphatic rings. The van der Waals surface area contributed by atoms with Crippen LogP contribution in [0.4, 0.5) is 0 Å². The van der Waals surface area contributed by atoms with Crippen LogP contribution in [-0.4, -0.2) is 25.0 Å². The predicted molar refractivity (Wildman–Crippen MR) is 83.7 cm³/mol. The number of nitrogens with one attached hydrogen (secondary N) is 2.